The van der Waals surface area contributed by atoms with Gasteiger partial charge in [-0.15, -0.1) is 0 Å². The highest BCUT2D eigenvalue weighted by Crippen LogP contribution is 2.23. The maximum Gasteiger partial charge on any atom is 0.261 e. The number of hydrogen-bond acceptors (Lipinski definition) is 3. The number of nitrogens with zero attached hydrogens (tertiary/aromatic N) is 1. The largest absolute Gasteiger partial charge is 0.279 e. The number of sulfonamides is 1. The molecular formula is C15H13ClN2O2S. The molecule has 0 atom stereocenters. The van der Waals surface area contributed by atoms with Crippen molar-refractivity contribution in [1.82, 2.24) is 0 Å². The Labute approximate surface area is 129 Å². The Morgan fingerprint density at radius 3 is 2.38 bits per heavy atom. The Morgan fingerprint density at radius 1 is 1.10 bits per heavy atom. The van der Waals surface area contributed by atoms with Crippen molar-refractivity contribution in [1.29, 1.82) is 5.26 Å². The molecule has 0 radical (unpaired) electrons. The van der Waals surface area contributed by atoms with Gasteiger partial charge in [-0.05, 0) is 61.4 Å². The number of nitriles is 1. The van der Waals surface area contributed by atoms with Crippen LogP contribution in [0.25, 0.3) is 0 Å². The van der Waals surface area contributed by atoms with Crippen molar-refractivity contribution in [2.45, 2.75) is 18.7 Å². The second-order valence-electron chi connectivity index (χ2n) is 4.65. The molecule has 0 unspecified atom stereocenters. The molecule has 1 N–H and O–H groups in total. The Balaban J connectivity index is 2.39. The highest BCUT2D eigenvalue weighted by Gasteiger charge is 2.16. The van der Waals surface area contributed by atoms with Crippen molar-refractivity contribution < 1.29 is 8.42 Å². The van der Waals surface area contributed by atoms with Crippen molar-refractivity contribution in [3.05, 3.63) is 58.1 Å². The van der Waals surface area contributed by atoms with E-state index in [2.05, 4.69) is 4.72 Å². The summed E-state index contributed by atoms with van der Waals surface area (Å²) in [6, 6.07) is 11.3. The summed E-state index contributed by atoms with van der Waals surface area (Å²) in [5.41, 5.74) is 2.28. The minimum Gasteiger partial charge on any atom is -0.279 e. The molecule has 0 fully saturated rings. The van der Waals surface area contributed by atoms with Gasteiger partial charge in [0, 0.05) is 5.02 Å². The first kappa shape index (κ1) is 15.4. The third kappa shape index (κ3) is 3.35. The lowest BCUT2D eigenvalue weighted by atomic mass is 10.1. The van der Waals surface area contributed by atoms with Crippen LogP contribution in [0.1, 0.15) is 16.7 Å². The van der Waals surface area contributed by atoms with Gasteiger partial charge < -0.3 is 0 Å². The quantitative estimate of drug-likeness (QED) is 0.938. The molecule has 0 spiro atoms. The molecule has 2 rings (SSSR count). The van der Waals surface area contributed by atoms with Crippen LogP contribution in [0, 0.1) is 25.2 Å². The van der Waals surface area contributed by atoms with Gasteiger partial charge in [-0.3, -0.25) is 4.72 Å². The van der Waals surface area contributed by atoms with Crippen molar-refractivity contribution >= 4 is 27.3 Å². The smallest absolute Gasteiger partial charge is 0.261 e. The SMILES string of the molecule is Cc1cc(S(=O)(=O)Nc2ccc(Cl)cc2C)ccc1C#N. The van der Waals surface area contributed by atoms with Crippen LogP contribution in [0.2, 0.25) is 5.02 Å². The standard InChI is InChI=1S/C15H13ClN2O2S/c1-10-8-14(5-3-12(10)9-17)21(19,20)18-15-6-4-13(16)7-11(15)2/h3-8,18H,1-2H3. The normalized spacial score (nSPS) is 11.0. The molecule has 0 aliphatic heterocycles. The Morgan fingerprint density at radius 2 is 1.81 bits per heavy atom. The number of aryl methyl sites for hydroxylation is 2. The molecule has 0 amide bonds. The Kier molecular flexibility index (Phi) is 4.21. The fourth-order valence-corrected chi connectivity index (χ4v) is 3.32. The maximum atomic E-state index is 12.4. The van der Waals surface area contributed by atoms with Gasteiger partial charge in [0.1, 0.15) is 0 Å². The summed E-state index contributed by atoms with van der Waals surface area (Å²) >= 11 is 5.85. The zero-order valence-electron chi connectivity index (χ0n) is 11.5. The minimum absolute atomic E-state index is 0.119. The topological polar surface area (TPSA) is 70.0 Å². The van der Waals surface area contributed by atoms with Gasteiger partial charge in [0.25, 0.3) is 10.0 Å². The van der Waals surface area contributed by atoms with E-state index in [-0.39, 0.29) is 4.90 Å². The molecule has 0 heterocycles. The monoisotopic (exact) mass is 320 g/mol. The van der Waals surface area contributed by atoms with Crippen molar-refractivity contribution in [2.75, 3.05) is 4.72 Å². The van der Waals surface area contributed by atoms with Crippen LogP contribution in [0.3, 0.4) is 0 Å². The first-order valence-electron chi connectivity index (χ1n) is 6.13. The summed E-state index contributed by atoms with van der Waals surface area (Å²) in [6.07, 6.45) is 0. The highest BCUT2D eigenvalue weighted by molar-refractivity contribution is 7.92. The van der Waals surface area contributed by atoms with Crippen LogP contribution in [0.4, 0.5) is 5.69 Å². The van der Waals surface area contributed by atoms with Crippen LogP contribution in [-0.4, -0.2) is 8.42 Å². The number of anilines is 1. The van der Waals surface area contributed by atoms with E-state index in [1.54, 1.807) is 32.0 Å². The molecule has 4 nitrogen and oxygen atoms in total. The predicted molar refractivity (Wildman–Crippen MR) is 82.9 cm³/mol. The molecule has 2 aromatic rings. The molecular weight excluding hydrogens is 308 g/mol. The molecule has 2 aromatic carbocycles. The summed E-state index contributed by atoms with van der Waals surface area (Å²) in [6.45, 7) is 3.47. The van der Waals surface area contributed by atoms with Gasteiger partial charge >= 0.3 is 0 Å². The summed E-state index contributed by atoms with van der Waals surface area (Å²) in [4.78, 5) is 0.119. The maximum absolute atomic E-state index is 12.4. The minimum atomic E-state index is -3.70. The van der Waals surface area contributed by atoms with Gasteiger partial charge in [0.2, 0.25) is 0 Å². The first-order chi connectivity index (χ1) is 9.83. The summed E-state index contributed by atoms with van der Waals surface area (Å²) in [5, 5.41) is 9.43. The molecule has 6 heteroatoms. The lowest BCUT2D eigenvalue weighted by Crippen LogP contribution is -2.14. The van der Waals surface area contributed by atoms with Gasteiger partial charge in [-0.25, -0.2) is 8.42 Å². The number of nitrogens with one attached hydrogen (secondary N) is 1. The van der Waals surface area contributed by atoms with Crippen LogP contribution < -0.4 is 4.72 Å². The average molecular weight is 321 g/mol. The molecule has 0 saturated heterocycles. The van der Waals surface area contributed by atoms with E-state index in [4.69, 9.17) is 16.9 Å². The van der Waals surface area contributed by atoms with E-state index in [1.807, 2.05) is 6.07 Å². The molecule has 0 aliphatic rings. The van der Waals surface area contributed by atoms with Crippen LogP contribution in [0.15, 0.2) is 41.3 Å². The summed E-state index contributed by atoms with van der Waals surface area (Å²) in [7, 11) is -3.70. The van der Waals surface area contributed by atoms with E-state index < -0.39 is 10.0 Å². The summed E-state index contributed by atoms with van der Waals surface area (Å²) in [5.74, 6) is 0. The van der Waals surface area contributed by atoms with Crippen molar-refractivity contribution in [3.63, 3.8) is 0 Å². The molecule has 0 aromatic heterocycles. The molecule has 21 heavy (non-hydrogen) atoms. The van der Waals surface area contributed by atoms with E-state index in [0.717, 1.165) is 5.56 Å². The predicted octanol–water partition coefficient (Wildman–Crippen LogP) is 3.63. The lowest BCUT2D eigenvalue weighted by Gasteiger charge is -2.11. The van der Waals surface area contributed by atoms with E-state index in [0.29, 0.717) is 21.8 Å². The number of rotatable bonds is 3. The Hall–Kier alpha value is -2.03. The van der Waals surface area contributed by atoms with Gasteiger partial charge in [-0.2, -0.15) is 5.26 Å². The highest BCUT2D eigenvalue weighted by atomic mass is 35.5. The number of hydrogen-bond donors (Lipinski definition) is 1. The lowest BCUT2D eigenvalue weighted by molar-refractivity contribution is 0.601. The molecule has 0 aliphatic carbocycles. The van der Waals surface area contributed by atoms with Crippen molar-refractivity contribution in [3.8, 4) is 6.07 Å². The van der Waals surface area contributed by atoms with Gasteiger partial charge in [0.15, 0.2) is 0 Å². The number of halogens is 1. The van der Waals surface area contributed by atoms with E-state index >= 15 is 0 Å². The van der Waals surface area contributed by atoms with E-state index in [1.165, 1.54) is 18.2 Å². The van der Waals surface area contributed by atoms with Crippen LogP contribution in [-0.2, 0) is 10.0 Å². The van der Waals surface area contributed by atoms with Gasteiger partial charge in [0.05, 0.1) is 22.2 Å². The van der Waals surface area contributed by atoms with Crippen LogP contribution in [0.5, 0.6) is 0 Å². The third-order valence-corrected chi connectivity index (χ3v) is 4.66. The Bertz CT molecular complexity index is 839. The fourth-order valence-electron chi connectivity index (χ4n) is 1.87. The van der Waals surface area contributed by atoms with Crippen molar-refractivity contribution in [2.24, 2.45) is 0 Å². The first-order valence-corrected chi connectivity index (χ1v) is 7.99. The average Bonchev–Trinajstić information content (AvgIpc) is 2.42. The third-order valence-electron chi connectivity index (χ3n) is 3.06. The van der Waals surface area contributed by atoms with Gasteiger partial charge in [-0.1, -0.05) is 11.6 Å². The zero-order chi connectivity index (χ0) is 15.6. The second kappa shape index (κ2) is 5.76. The fraction of sp³-hybridized carbons (Fsp3) is 0.133. The molecule has 108 valence electrons. The van der Waals surface area contributed by atoms with Crippen LogP contribution >= 0.6 is 11.6 Å². The molecule has 0 saturated carbocycles. The molecule has 0 bridgehead atoms. The van der Waals surface area contributed by atoms with E-state index in [9.17, 15) is 8.42 Å². The zero-order valence-corrected chi connectivity index (χ0v) is 13.1. The second-order valence-corrected chi connectivity index (χ2v) is 6.77. The number of benzene rings is 2. The summed E-state index contributed by atoms with van der Waals surface area (Å²) < 4.78 is 27.3.